The number of cyclic esters (lactones) is 1. The monoisotopic (exact) mass is 374 g/mol. The molecule has 146 valence electrons. The molecule has 27 heavy (non-hydrogen) atoms. The van der Waals surface area contributed by atoms with Gasteiger partial charge in [0.2, 0.25) is 0 Å². The lowest BCUT2D eigenvalue weighted by Crippen LogP contribution is -2.65. The lowest BCUT2D eigenvalue weighted by atomic mass is 9.81. The Morgan fingerprint density at radius 1 is 1.22 bits per heavy atom. The lowest BCUT2D eigenvalue weighted by molar-refractivity contribution is -0.173. The summed E-state index contributed by atoms with van der Waals surface area (Å²) in [6, 6.07) is 5.83. The van der Waals surface area contributed by atoms with E-state index in [1.54, 1.807) is 0 Å². The van der Waals surface area contributed by atoms with Crippen molar-refractivity contribution in [3.63, 3.8) is 0 Å². The summed E-state index contributed by atoms with van der Waals surface area (Å²) in [6.07, 6.45) is -1.07. The van der Waals surface area contributed by atoms with Gasteiger partial charge in [-0.15, -0.1) is 0 Å². The number of benzene rings is 1. The molecule has 7 nitrogen and oxygen atoms in total. The van der Waals surface area contributed by atoms with Gasteiger partial charge < -0.3 is 19.5 Å². The van der Waals surface area contributed by atoms with Gasteiger partial charge in [-0.2, -0.15) is 0 Å². The molecule has 1 N–H and O–H groups in total. The average Bonchev–Trinajstić information content (AvgIpc) is 3.00. The molecule has 0 aromatic heterocycles. The molecular formula is C20H26N2O5. The van der Waals surface area contributed by atoms with Gasteiger partial charge in [-0.1, -0.05) is 26.8 Å². The number of morpholine rings is 1. The summed E-state index contributed by atoms with van der Waals surface area (Å²) in [5.74, 6) is -0.265. The van der Waals surface area contributed by atoms with E-state index < -0.39 is 6.09 Å². The van der Waals surface area contributed by atoms with E-state index in [9.17, 15) is 14.7 Å². The normalized spacial score (nSPS) is 28.5. The van der Waals surface area contributed by atoms with Gasteiger partial charge >= 0.3 is 12.1 Å². The third kappa shape index (κ3) is 3.30. The van der Waals surface area contributed by atoms with Crippen LogP contribution in [0.25, 0.3) is 0 Å². The molecular weight excluding hydrogens is 348 g/mol. The number of esters is 1. The van der Waals surface area contributed by atoms with E-state index in [1.165, 1.54) is 4.90 Å². The quantitative estimate of drug-likeness (QED) is 0.761. The van der Waals surface area contributed by atoms with E-state index in [4.69, 9.17) is 9.47 Å². The minimum absolute atomic E-state index is 0.0467. The van der Waals surface area contributed by atoms with Crippen LogP contribution in [0.5, 0.6) is 0 Å². The second-order valence-corrected chi connectivity index (χ2v) is 8.69. The summed E-state index contributed by atoms with van der Waals surface area (Å²) in [4.78, 5) is 27.0. The van der Waals surface area contributed by atoms with Crippen LogP contribution in [0, 0.1) is 5.41 Å². The van der Waals surface area contributed by atoms with Crippen LogP contribution in [0.4, 0.5) is 4.79 Å². The largest absolute Gasteiger partial charge is 0.465 e. The maximum Gasteiger partial charge on any atom is 0.407 e. The number of fused-ring (bicyclic) bond motifs is 2. The molecule has 1 aromatic rings. The molecule has 7 heteroatoms. The Hall–Kier alpha value is -2.12. The molecule has 0 unspecified atom stereocenters. The highest BCUT2D eigenvalue weighted by Crippen LogP contribution is 2.39. The number of nitrogens with zero attached hydrogens (tertiary/aromatic N) is 2. The van der Waals surface area contributed by atoms with Crippen molar-refractivity contribution in [1.29, 1.82) is 0 Å². The highest BCUT2D eigenvalue weighted by Gasteiger charge is 2.46. The van der Waals surface area contributed by atoms with Crippen molar-refractivity contribution in [2.24, 2.45) is 5.41 Å². The standard InChI is InChI=1S/C20H26N2O5/c1-20(2,3)17-15-9-22(19(24)25)7-6-21(15)10-16(27-17)12-4-5-14-13(8-12)11-26-18(14)23/h4-5,8,15-17H,6-7,9-11H2,1-3H3,(H,24,25)/t15-,16+,17+/m0/s1. The zero-order chi connectivity index (χ0) is 19.3. The number of hydrogen-bond acceptors (Lipinski definition) is 5. The van der Waals surface area contributed by atoms with Crippen molar-refractivity contribution in [2.75, 3.05) is 26.2 Å². The molecule has 2 saturated heterocycles. The summed E-state index contributed by atoms with van der Waals surface area (Å²) in [5, 5.41) is 9.39. The molecule has 0 bridgehead atoms. The maximum atomic E-state index is 11.7. The van der Waals surface area contributed by atoms with Crippen LogP contribution in [-0.4, -0.2) is 65.3 Å². The van der Waals surface area contributed by atoms with Gasteiger partial charge in [0.1, 0.15) is 6.61 Å². The predicted molar refractivity (Wildman–Crippen MR) is 97.6 cm³/mol. The van der Waals surface area contributed by atoms with Crippen molar-refractivity contribution in [1.82, 2.24) is 9.80 Å². The zero-order valence-corrected chi connectivity index (χ0v) is 16.0. The fraction of sp³-hybridized carbons (Fsp3) is 0.600. The third-order valence-corrected chi connectivity index (χ3v) is 5.80. The van der Waals surface area contributed by atoms with Gasteiger partial charge in [0.25, 0.3) is 0 Å². The summed E-state index contributed by atoms with van der Waals surface area (Å²) in [7, 11) is 0. The smallest absolute Gasteiger partial charge is 0.407 e. The van der Waals surface area contributed by atoms with Crippen LogP contribution in [0.15, 0.2) is 18.2 Å². The topological polar surface area (TPSA) is 79.3 Å². The van der Waals surface area contributed by atoms with Crippen molar-refractivity contribution in [3.05, 3.63) is 34.9 Å². The van der Waals surface area contributed by atoms with Crippen LogP contribution < -0.4 is 0 Å². The van der Waals surface area contributed by atoms with E-state index in [1.807, 2.05) is 18.2 Å². The number of amides is 1. The van der Waals surface area contributed by atoms with Gasteiger partial charge in [-0.25, -0.2) is 9.59 Å². The number of ether oxygens (including phenoxy) is 2. The highest BCUT2D eigenvalue weighted by molar-refractivity contribution is 5.93. The van der Waals surface area contributed by atoms with E-state index >= 15 is 0 Å². The molecule has 0 radical (unpaired) electrons. The highest BCUT2D eigenvalue weighted by atomic mass is 16.5. The summed E-state index contributed by atoms with van der Waals surface area (Å²) in [5.41, 5.74) is 2.46. The van der Waals surface area contributed by atoms with Crippen LogP contribution in [0.1, 0.15) is 48.4 Å². The van der Waals surface area contributed by atoms with Crippen molar-refractivity contribution >= 4 is 12.1 Å². The fourth-order valence-corrected chi connectivity index (χ4v) is 4.38. The molecule has 1 amide bonds. The summed E-state index contributed by atoms with van der Waals surface area (Å²) >= 11 is 0. The Morgan fingerprint density at radius 2 is 2.00 bits per heavy atom. The molecule has 3 heterocycles. The Bertz CT molecular complexity index is 772. The zero-order valence-electron chi connectivity index (χ0n) is 16.0. The number of piperazine rings is 1. The molecule has 4 rings (SSSR count). The van der Waals surface area contributed by atoms with E-state index in [0.29, 0.717) is 31.8 Å². The second-order valence-electron chi connectivity index (χ2n) is 8.69. The van der Waals surface area contributed by atoms with E-state index in [-0.39, 0.29) is 29.6 Å². The first kappa shape index (κ1) is 18.3. The SMILES string of the molecule is CC(C)(C)[C@@H]1O[C@@H](c2ccc3c(c2)COC3=O)CN2CCN(C(=O)O)C[C@@H]12. The molecule has 2 fully saturated rings. The lowest BCUT2D eigenvalue weighted by Gasteiger charge is -2.53. The van der Waals surface area contributed by atoms with Gasteiger partial charge in [0.05, 0.1) is 23.8 Å². The molecule has 0 aliphatic carbocycles. The minimum Gasteiger partial charge on any atom is -0.465 e. The van der Waals surface area contributed by atoms with Crippen molar-refractivity contribution in [2.45, 2.75) is 45.6 Å². The molecule has 3 aliphatic rings. The van der Waals surface area contributed by atoms with Crippen molar-refractivity contribution in [3.8, 4) is 0 Å². The molecule has 1 aromatic carbocycles. The van der Waals surface area contributed by atoms with E-state index in [2.05, 4.69) is 25.7 Å². The first-order valence-electron chi connectivity index (χ1n) is 9.41. The maximum absolute atomic E-state index is 11.7. The van der Waals surface area contributed by atoms with E-state index in [0.717, 1.165) is 17.7 Å². The summed E-state index contributed by atoms with van der Waals surface area (Å²) < 4.78 is 11.6. The second kappa shape index (κ2) is 6.49. The number of hydrogen-bond donors (Lipinski definition) is 1. The first-order chi connectivity index (χ1) is 12.7. The minimum atomic E-state index is -0.868. The Morgan fingerprint density at radius 3 is 2.70 bits per heavy atom. The van der Waals surface area contributed by atoms with Crippen molar-refractivity contribution < 1.29 is 24.2 Å². The number of rotatable bonds is 1. The average molecular weight is 374 g/mol. The molecule has 0 spiro atoms. The first-order valence-corrected chi connectivity index (χ1v) is 9.41. The third-order valence-electron chi connectivity index (χ3n) is 5.80. The number of carbonyl (C=O) groups excluding carboxylic acids is 1. The van der Waals surface area contributed by atoms with Crippen LogP contribution in [-0.2, 0) is 16.1 Å². The van der Waals surface area contributed by atoms with Crippen LogP contribution in [0.3, 0.4) is 0 Å². The van der Waals surface area contributed by atoms with Gasteiger partial charge in [0.15, 0.2) is 0 Å². The van der Waals surface area contributed by atoms with Crippen LogP contribution in [0.2, 0.25) is 0 Å². The number of carbonyl (C=O) groups is 2. The predicted octanol–water partition coefficient (Wildman–Crippen LogP) is 2.51. The number of carboxylic acid groups (broad SMARTS) is 1. The molecule has 3 atom stereocenters. The Balaban J connectivity index is 1.61. The van der Waals surface area contributed by atoms with Gasteiger partial charge in [-0.3, -0.25) is 4.90 Å². The Labute approximate surface area is 158 Å². The molecule has 0 saturated carbocycles. The van der Waals surface area contributed by atoms with Gasteiger partial charge in [-0.05, 0) is 23.1 Å². The fourth-order valence-electron chi connectivity index (χ4n) is 4.38. The Kier molecular flexibility index (Phi) is 4.39. The summed E-state index contributed by atoms with van der Waals surface area (Å²) in [6.45, 7) is 9.12. The van der Waals surface area contributed by atoms with Gasteiger partial charge in [0, 0.05) is 31.7 Å². The molecule has 3 aliphatic heterocycles. The van der Waals surface area contributed by atoms with Crippen LogP contribution >= 0.6 is 0 Å².